The van der Waals surface area contributed by atoms with E-state index >= 15 is 0 Å². The van der Waals surface area contributed by atoms with Crippen LogP contribution >= 0.6 is 0 Å². The van der Waals surface area contributed by atoms with Crippen molar-refractivity contribution in [3.63, 3.8) is 0 Å². The topological polar surface area (TPSA) is 105 Å². The Bertz CT molecular complexity index is 1130. The van der Waals surface area contributed by atoms with Gasteiger partial charge >= 0.3 is 5.97 Å². The Morgan fingerprint density at radius 3 is 2.78 bits per heavy atom. The molecule has 0 saturated carbocycles. The second-order valence-electron chi connectivity index (χ2n) is 8.01. The highest BCUT2D eigenvalue weighted by molar-refractivity contribution is 5.81. The van der Waals surface area contributed by atoms with Crippen molar-refractivity contribution in [2.75, 3.05) is 13.1 Å². The van der Waals surface area contributed by atoms with Crippen LogP contribution in [0, 0.1) is 11.7 Å². The largest absolute Gasteiger partial charge is 0.481 e. The summed E-state index contributed by atoms with van der Waals surface area (Å²) in [5, 5.41) is 13.2. The van der Waals surface area contributed by atoms with Crippen LogP contribution in [0.1, 0.15) is 37.0 Å². The molecule has 166 valence electrons. The minimum absolute atomic E-state index is 0.210. The minimum atomic E-state index is -0.828. The lowest BCUT2D eigenvalue weighted by molar-refractivity contribution is -0.143. The molecule has 8 heteroatoms. The predicted octanol–water partition coefficient (Wildman–Crippen LogP) is 4.38. The lowest BCUT2D eigenvalue weighted by atomic mass is 9.95. The highest BCUT2D eigenvalue weighted by Gasteiger charge is 2.26. The number of guanidine groups is 1. The molecule has 3 N–H and O–H groups in total. The summed E-state index contributed by atoms with van der Waals surface area (Å²) >= 11 is 0. The smallest absolute Gasteiger partial charge is 0.308 e. The van der Waals surface area contributed by atoms with Gasteiger partial charge in [-0.15, -0.1) is 0 Å². The van der Waals surface area contributed by atoms with Crippen molar-refractivity contribution in [1.29, 1.82) is 0 Å². The Kier molecular flexibility index (Phi) is 6.20. The summed E-state index contributed by atoms with van der Waals surface area (Å²) < 4.78 is 20.2. The first-order valence-electron chi connectivity index (χ1n) is 10.6. The predicted molar refractivity (Wildman–Crippen MR) is 119 cm³/mol. The summed E-state index contributed by atoms with van der Waals surface area (Å²) in [6.45, 7) is 2.86. The van der Waals surface area contributed by atoms with E-state index in [1.54, 1.807) is 17.0 Å². The lowest BCUT2D eigenvalue weighted by Gasteiger charge is -2.31. The van der Waals surface area contributed by atoms with Gasteiger partial charge in [-0.2, -0.15) is 4.99 Å². The Morgan fingerprint density at radius 1 is 1.28 bits per heavy atom. The van der Waals surface area contributed by atoms with Crippen molar-refractivity contribution in [1.82, 2.24) is 10.1 Å². The number of carbonyl (C=O) groups is 1. The summed E-state index contributed by atoms with van der Waals surface area (Å²) in [6, 6.07) is 16.2. The number of benzene rings is 2. The number of likely N-dealkylation sites (tertiary alicyclic amines) is 1. The molecule has 0 aliphatic carbocycles. The van der Waals surface area contributed by atoms with E-state index < -0.39 is 11.9 Å². The van der Waals surface area contributed by atoms with Crippen molar-refractivity contribution < 1.29 is 18.8 Å². The fraction of sp³-hybridized carbons (Fsp3) is 0.292. The molecule has 4 rings (SSSR count). The molecular formula is C24H25FN4O3. The van der Waals surface area contributed by atoms with Gasteiger partial charge in [0.1, 0.15) is 11.6 Å². The molecule has 2 aromatic carbocycles. The molecule has 0 amide bonds. The van der Waals surface area contributed by atoms with Crippen molar-refractivity contribution in [3.05, 3.63) is 71.7 Å². The van der Waals surface area contributed by atoms with Crippen molar-refractivity contribution in [3.8, 4) is 11.1 Å². The molecule has 2 heterocycles. The van der Waals surface area contributed by atoms with Crippen LogP contribution in [0.4, 0.5) is 10.2 Å². The molecule has 32 heavy (non-hydrogen) atoms. The van der Waals surface area contributed by atoms with Crippen molar-refractivity contribution in [2.24, 2.45) is 16.6 Å². The highest BCUT2D eigenvalue weighted by Crippen LogP contribution is 2.31. The van der Waals surface area contributed by atoms with Gasteiger partial charge in [0.15, 0.2) is 11.8 Å². The number of carboxylic acid groups (broad SMARTS) is 1. The number of piperidine rings is 1. The molecule has 0 bridgehead atoms. The maximum absolute atomic E-state index is 14.8. The van der Waals surface area contributed by atoms with Crippen LogP contribution in [0.5, 0.6) is 0 Å². The molecule has 1 fully saturated rings. The summed E-state index contributed by atoms with van der Waals surface area (Å²) in [5.41, 5.74) is 8.19. The van der Waals surface area contributed by atoms with E-state index in [0.29, 0.717) is 36.7 Å². The summed E-state index contributed by atoms with van der Waals surface area (Å²) in [7, 11) is 0. The number of hydrogen-bond acceptors (Lipinski definition) is 4. The maximum atomic E-state index is 14.8. The fourth-order valence-corrected chi connectivity index (χ4v) is 3.93. The third-order valence-electron chi connectivity index (χ3n) is 5.84. The zero-order valence-electron chi connectivity index (χ0n) is 17.7. The van der Waals surface area contributed by atoms with Gasteiger partial charge in [-0.1, -0.05) is 54.5 Å². The van der Waals surface area contributed by atoms with Crippen molar-refractivity contribution >= 4 is 17.7 Å². The fourth-order valence-electron chi connectivity index (χ4n) is 3.93. The zero-order valence-corrected chi connectivity index (χ0v) is 17.7. The average molecular weight is 436 g/mol. The van der Waals surface area contributed by atoms with Gasteiger partial charge in [-0.25, -0.2) is 4.39 Å². The number of aliphatic imine (C=N–C) groups is 1. The Hall–Kier alpha value is -3.68. The van der Waals surface area contributed by atoms with Gasteiger partial charge in [0.25, 0.3) is 0 Å². The summed E-state index contributed by atoms with van der Waals surface area (Å²) in [5.74, 6) is -0.793. The number of hydrogen-bond donors (Lipinski definition) is 2. The monoisotopic (exact) mass is 436 g/mol. The van der Waals surface area contributed by atoms with Crippen LogP contribution < -0.4 is 5.73 Å². The first-order valence-corrected chi connectivity index (χ1v) is 10.6. The second kappa shape index (κ2) is 9.21. The second-order valence-corrected chi connectivity index (χ2v) is 8.01. The molecule has 2 atom stereocenters. The van der Waals surface area contributed by atoms with E-state index in [9.17, 15) is 14.3 Å². The van der Waals surface area contributed by atoms with Crippen LogP contribution in [-0.4, -0.2) is 40.2 Å². The van der Waals surface area contributed by atoms with Gasteiger partial charge in [0.05, 0.1) is 5.92 Å². The Balaban J connectivity index is 1.49. The SMILES string of the molecule is CC(c1ccc(-c2ccccc2)c(F)c1)c1cc(/N=C(/N)N2CCCC(C(=O)O)C2)no1. The van der Waals surface area contributed by atoms with E-state index in [1.807, 2.05) is 43.3 Å². The lowest BCUT2D eigenvalue weighted by Crippen LogP contribution is -2.45. The van der Waals surface area contributed by atoms with Crippen LogP contribution in [0.25, 0.3) is 11.1 Å². The first kappa shape index (κ1) is 21.5. The Labute approximate surface area is 185 Å². The van der Waals surface area contributed by atoms with E-state index in [-0.39, 0.29) is 17.7 Å². The molecule has 1 saturated heterocycles. The van der Waals surface area contributed by atoms with Gasteiger partial charge in [0.2, 0.25) is 0 Å². The molecule has 0 spiro atoms. The zero-order chi connectivity index (χ0) is 22.7. The normalized spacial score (nSPS) is 17.9. The molecule has 0 radical (unpaired) electrons. The van der Waals surface area contributed by atoms with Crippen LogP contribution in [0.3, 0.4) is 0 Å². The van der Waals surface area contributed by atoms with Crippen LogP contribution in [0.2, 0.25) is 0 Å². The third-order valence-corrected chi connectivity index (χ3v) is 5.84. The quantitative estimate of drug-likeness (QED) is 0.454. The number of aromatic nitrogens is 1. The molecule has 1 aromatic heterocycles. The number of aliphatic carboxylic acids is 1. The average Bonchev–Trinajstić information content (AvgIpc) is 3.27. The number of halogens is 1. The standard InChI is InChI=1S/C24H25FN4O3/c1-15(17-9-10-19(20(25)12-17)16-6-3-2-4-7-16)21-13-22(28-32-21)27-24(26)29-11-5-8-18(14-29)23(30)31/h2-4,6-7,9-10,12-13,15,18H,5,8,11,14H2,1H3,(H,30,31)(H2,26,27,28). The molecule has 2 unspecified atom stereocenters. The third kappa shape index (κ3) is 4.64. The first-order chi connectivity index (χ1) is 15.4. The van der Waals surface area contributed by atoms with Gasteiger partial charge in [-0.05, 0) is 30.0 Å². The van der Waals surface area contributed by atoms with Gasteiger partial charge < -0.3 is 20.3 Å². The Morgan fingerprint density at radius 2 is 2.06 bits per heavy atom. The van der Waals surface area contributed by atoms with E-state index in [1.165, 1.54) is 6.07 Å². The molecular weight excluding hydrogens is 411 g/mol. The number of rotatable bonds is 5. The summed E-state index contributed by atoms with van der Waals surface area (Å²) in [6.07, 6.45) is 1.36. The van der Waals surface area contributed by atoms with Gasteiger partial charge in [-0.3, -0.25) is 4.79 Å². The number of carboxylic acids is 1. The number of nitrogens with two attached hydrogens (primary N) is 1. The molecule has 1 aliphatic heterocycles. The summed E-state index contributed by atoms with van der Waals surface area (Å²) in [4.78, 5) is 17.3. The van der Waals surface area contributed by atoms with Crippen LogP contribution in [-0.2, 0) is 4.79 Å². The van der Waals surface area contributed by atoms with E-state index in [4.69, 9.17) is 10.3 Å². The van der Waals surface area contributed by atoms with E-state index in [0.717, 1.165) is 17.5 Å². The molecule has 7 nitrogen and oxygen atoms in total. The molecule has 1 aliphatic rings. The van der Waals surface area contributed by atoms with E-state index in [2.05, 4.69) is 10.1 Å². The minimum Gasteiger partial charge on any atom is -0.481 e. The van der Waals surface area contributed by atoms with Gasteiger partial charge in [0, 0.05) is 30.6 Å². The van der Waals surface area contributed by atoms with Crippen molar-refractivity contribution in [2.45, 2.75) is 25.7 Å². The number of nitrogens with zero attached hydrogens (tertiary/aromatic N) is 3. The molecule has 3 aromatic rings. The highest BCUT2D eigenvalue weighted by atomic mass is 19.1. The van der Waals surface area contributed by atoms with Crippen LogP contribution in [0.15, 0.2) is 64.1 Å². The maximum Gasteiger partial charge on any atom is 0.308 e.